The number of anilines is 1. The van der Waals surface area contributed by atoms with Gasteiger partial charge in [0.2, 0.25) is 0 Å². The molecular formula is C12H12BrClN2. The molecule has 2 N–H and O–H groups in total. The molecule has 0 bridgehead atoms. The van der Waals surface area contributed by atoms with Gasteiger partial charge in [-0.2, -0.15) is 0 Å². The van der Waals surface area contributed by atoms with Crippen LogP contribution >= 0.6 is 27.5 Å². The Bertz CT molecular complexity index is 567. The Hall–Kier alpha value is -0.800. The summed E-state index contributed by atoms with van der Waals surface area (Å²) < 4.78 is 0.929. The first-order valence-corrected chi connectivity index (χ1v) is 6.25. The summed E-state index contributed by atoms with van der Waals surface area (Å²) in [6.45, 7) is 4.03. The molecule has 1 aromatic heterocycles. The fourth-order valence-electron chi connectivity index (χ4n) is 1.74. The van der Waals surface area contributed by atoms with Gasteiger partial charge in [-0.25, -0.2) is 4.98 Å². The van der Waals surface area contributed by atoms with Gasteiger partial charge in [-0.1, -0.05) is 18.5 Å². The molecule has 0 saturated carbocycles. The van der Waals surface area contributed by atoms with Gasteiger partial charge >= 0.3 is 0 Å². The van der Waals surface area contributed by atoms with Gasteiger partial charge in [0.05, 0.1) is 10.5 Å². The highest BCUT2D eigenvalue weighted by Gasteiger charge is 2.10. The number of aromatic nitrogens is 1. The molecule has 0 aliphatic heterocycles. The maximum absolute atomic E-state index is 6.28. The van der Waals surface area contributed by atoms with Gasteiger partial charge in [-0.05, 0) is 52.5 Å². The number of benzene rings is 1. The van der Waals surface area contributed by atoms with E-state index in [1.54, 1.807) is 0 Å². The third-order valence-corrected chi connectivity index (χ3v) is 3.77. The van der Waals surface area contributed by atoms with Gasteiger partial charge in [-0.3, -0.25) is 0 Å². The SMILES string of the molecule is CCc1cc2c(Cl)c(C)cc(Br)c2nc1N. The van der Waals surface area contributed by atoms with E-state index in [2.05, 4.69) is 27.8 Å². The lowest BCUT2D eigenvalue weighted by Gasteiger charge is -2.09. The molecule has 1 aromatic carbocycles. The van der Waals surface area contributed by atoms with Crippen molar-refractivity contribution in [2.24, 2.45) is 0 Å². The molecule has 0 aliphatic rings. The molecular weight excluding hydrogens is 288 g/mol. The second kappa shape index (κ2) is 4.22. The average Bonchev–Trinajstić information content (AvgIpc) is 2.25. The van der Waals surface area contributed by atoms with E-state index in [0.717, 1.165) is 37.9 Å². The molecule has 0 radical (unpaired) electrons. The number of nitrogens with zero attached hydrogens (tertiary/aromatic N) is 1. The largest absolute Gasteiger partial charge is 0.383 e. The number of rotatable bonds is 1. The summed E-state index contributed by atoms with van der Waals surface area (Å²) in [4.78, 5) is 4.39. The first-order chi connectivity index (χ1) is 7.54. The summed E-state index contributed by atoms with van der Waals surface area (Å²) in [6, 6.07) is 3.99. The number of fused-ring (bicyclic) bond motifs is 1. The van der Waals surface area contributed by atoms with Crippen molar-refractivity contribution < 1.29 is 0 Å². The number of hydrogen-bond donors (Lipinski definition) is 1. The van der Waals surface area contributed by atoms with Crippen LogP contribution in [0.15, 0.2) is 16.6 Å². The van der Waals surface area contributed by atoms with E-state index in [1.165, 1.54) is 0 Å². The molecule has 2 nitrogen and oxygen atoms in total. The van der Waals surface area contributed by atoms with Crippen LogP contribution in [0.25, 0.3) is 10.9 Å². The molecule has 0 atom stereocenters. The number of pyridine rings is 1. The molecule has 0 unspecified atom stereocenters. The Kier molecular flexibility index (Phi) is 3.08. The predicted octanol–water partition coefficient (Wildman–Crippen LogP) is 4.10. The molecule has 84 valence electrons. The van der Waals surface area contributed by atoms with Crippen molar-refractivity contribution in [3.8, 4) is 0 Å². The lowest BCUT2D eigenvalue weighted by Crippen LogP contribution is -1.98. The van der Waals surface area contributed by atoms with E-state index in [1.807, 2.05) is 19.1 Å². The van der Waals surface area contributed by atoms with Crippen molar-refractivity contribution in [3.05, 3.63) is 32.8 Å². The maximum Gasteiger partial charge on any atom is 0.127 e. The van der Waals surface area contributed by atoms with Crippen molar-refractivity contribution in [1.82, 2.24) is 4.98 Å². The summed E-state index contributed by atoms with van der Waals surface area (Å²) in [7, 11) is 0. The fraction of sp³-hybridized carbons (Fsp3) is 0.250. The van der Waals surface area contributed by atoms with Crippen molar-refractivity contribution in [2.45, 2.75) is 20.3 Å². The Labute approximate surface area is 108 Å². The van der Waals surface area contributed by atoms with Gasteiger partial charge in [0.15, 0.2) is 0 Å². The smallest absolute Gasteiger partial charge is 0.127 e. The predicted molar refractivity (Wildman–Crippen MR) is 73.0 cm³/mol. The fourth-order valence-corrected chi connectivity index (χ4v) is 2.58. The van der Waals surface area contributed by atoms with Gasteiger partial charge in [0.25, 0.3) is 0 Å². The number of aryl methyl sites for hydroxylation is 2. The van der Waals surface area contributed by atoms with Crippen LogP contribution in [0.1, 0.15) is 18.1 Å². The third kappa shape index (κ3) is 1.78. The molecule has 0 aliphatic carbocycles. The highest BCUT2D eigenvalue weighted by Crippen LogP contribution is 2.33. The lowest BCUT2D eigenvalue weighted by molar-refractivity contribution is 1.13. The molecule has 2 rings (SSSR count). The molecule has 4 heteroatoms. The number of hydrogen-bond acceptors (Lipinski definition) is 2. The molecule has 0 spiro atoms. The summed E-state index contributed by atoms with van der Waals surface area (Å²) in [5.74, 6) is 0.579. The third-order valence-electron chi connectivity index (χ3n) is 2.67. The second-order valence-electron chi connectivity index (χ2n) is 3.77. The average molecular weight is 300 g/mol. The van der Waals surface area contributed by atoms with E-state index in [-0.39, 0.29) is 0 Å². The quantitative estimate of drug-likeness (QED) is 0.861. The second-order valence-corrected chi connectivity index (χ2v) is 5.00. The van der Waals surface area contributed by atoms with Crippen LogP contribution in [-0.4, -0.2) is 4.98 Å². The van der Waals surface area contributed by atoms with Crippen molar-refractivity contribution in [3.63, 3.8) is 0 Å². The van der Waals surface area contributed by atoms with Gasteiger partial charge in [0, 0.05) is 9.86 Å². The van der Waals surface area contributed by atoms with Crippen molar-refractivity contribution in [2.75, 3.05) is 5.73 Å². The van der Waals surface area contributed by atoms with Crippen molar-refractivity contribution in [1.29, 1.82) is 0 Å². The monoisotopic (exact) mass is 298 g/mol. The first kappa shape index (κ1) is 11.7. The lowest BCUT2D eigenvalue weighted by atomic mass is 10.1. The summed E-state index contributed by atoms with van der Waals surface area (Å²) in [5, 5.41) is 1.71. The Morgan fingerprint density at radius 1 is 1.44 bits per heavy atom. The van der Waals surface area contributed by atoms with E-state index in [9.17, 15) is 0 Å². The minimum atomic E-state index is 0.579. The zero-order valence-corrected chi connectivity index (χ0v) is 11.5. The van der Waals surface area contributed by atoms with Crippen LogP contribution in [0, 0.1) is 6.92 Å². The summed E-state index contributed by atoms with van der Waals surface area (Å²) in [6.07, 6.45) is 0.858. The van der Waals surface area contributed by atoms with Crippen LogP contribution in [0.5, 0.6) is 0 Å². The highest BCUT2D eigenvalue weighted by atomic mass is 79.9. The normalized spacial score (nSPS) is 11.0. The van der Waals surface area contributed by atoms with Gasteiger partial charge < -0.3 is 5.73 Å². The van der Waals surface area contributed by atoms with Crippen LogP contribution in [-0.2, 0) is 6.42 Å². The van der Waals surface area contributed by atoms with Crippen LogP contribution in [0.3, 0.4) is 0 Å². The van der Waals surface area contributed by atoms with Gasteiger partial charge in [0.1, 0.15) is 5.82 Å². The van der Waals surface area contributed by atoms with Crippen molar-refractivity contribution >= 4 is 44.3 Å². The molecule has 0 fully saturated rings. The minimum absolute atomic E-state index is 0.579. The Morgan fingerprint density at radius 2 is 2.12 bits per heavy atom. The minimum Gasteiger partial charge on any atom is -0.383 e. The summed E-state index contributed by atoms with van der Waals surface area (Å²) in [5.41, 5.74) is 8.77. The summed E-state index contributed by atoms with van der Waals surface area (Å²) >= 11 is 9.76. The van der Waals surface area contributed by atoms with Crippen LogP contribution in [0.2, 0.25) is 5.02 Å². The number of nitrogen functional groups attached to an aromatic ring is 1. The topological polar surface area (TPSA) is 38.9 Å². The van der Waals surface area contributed by atoms with E-state index in [0.29, 0.717) is 5.82 Å². The van der Waals surface area contributed by atoms with E-state index >= 15 is 0 Å². The highest BCUT2D eigenvalue weighted by molar-refractivity contribution is 9.10. The molecule has 0 amide bonds. The van der Waals surface area contributed by atoms with Crippen LogP contribution in [0.4, 0.5) is 5.82 Å². The zero-order valence-electron chi connectivity index (χ0n) is 9.14. The van der Waals surface area contributed by atoms with Crippen LogP contribution < -0.4 is 5.73 Å². The first-order valence-electron chi connectivity index (χ1n) is 5.08. The number of halogens is 2. The Morgan fingerprint density at radius 3 is 2.75 bits per heavy atom. The maximum atomic E-state index is 6.28. The molecule has 16 heavy (non-hydrogen) atoms. The standard InChI is InChI=1S/C12H12BrClN2/c1-3-7-5-8-10(14)6(2)4-9(13)11(8)16-12(7)15/h4-5H,3H2,1-2H3,(H2,15,16). The zero-order chi connectivity index (χ0) is 11.9. The Balaban J connectivity index is 2.90. The molecule has 0 saturated heterocycles. The van der Waals surface area contributed by atoms with E-state index < -0.39 is 0 Å². The van der Waals surface area contributed by atoms with E-state index in [4.69, 9.17) is 17.3 Å². The number of nitrogens with two attached hydrogens (primary N) is 1. The molecule has 1 heterocycles. The molecule has 2 aromatic rings. The van der Waals surface area contributed by atoms with Gasteiger partial charge in [-0.15, -0.1) is 0 Å².